The van der Waals surface area contributed by atoms with E-state index in [2.05, 4.69) is 5.10 Å². The summed E-state index contributed by atoms with van der Waals surface area (Å²) in [6, 6.07) is 5.45. The third kappa shape index (κ3) is 2.72. The highest BCUT2D eigenvalue weighted by Gasteiger charge is 2.18. The van der Waals surface area contributed by atoms with Crippen LogP contribution >= 0.6 is 23.8 Å². The number of halogens is 1. The zero-order chi connectivity index (χ0) is 14.2. The molecule has 6 heteroatoms. The Labute approximate surface area is 122 Å². The number of nitrogens with two attached hydrogens (primary N) is 1. The van der Waals surface area contributed by atoms with E-state index in [1.807, 2.05) is 26.0 Å². The van der Waals surface area contributed by atoms with Gasteiger partial charge in [0.2, 0.25) is 5.88 Å². The Morgan fingerprint density at radius 2 is 2.11 bits per heavy atom. The fraction of sp³-hybridized carbons (Fsp3) is 0.231. The van der Waals surface area contributed by atoms with Crippen molar-refractivity contribution in [2.75, 3.05) is 0 Å². The van der Waals surface area contributed by atoms with Crippen molar-refractivity contribution in [3.05, 3.63) is 40.0 Å². The highest BCUT2D eigenvalue weighted by Crippen LogP contribution is 2.31. The topological polar surface area (TPSA) is 53.1 Å². The maximum Gasteiger partial charge on any atom is 0.228 e. The summed E-state index contributed by atoms with van der Waals surface area (Å²) in [5, 5.41) is 4.88. The highest BCUT2D eigenvalue weighted by molar-refractivity contribution is 7.80. The first-order chi connectivity index (χ1) is 8.90. The second-order valence-electron chi connectivity index (χ2n) is 4.27. The number of aromatic nitrogens is 2. The third-order valence-corrected chi connectivity index (χ3v) is 3.21. The van der Waals surface area contributed by atoms with Crippen LogP contribution in [0.25, 0.3) is 0 Å². The molecule has 2 aromatic rings. The molecule has 0 saturated carbocycles. The molecule has 0 radical (unpaired) electrons. The van der Waals surface area contributed by atoms with Crippen molar-refractivity contribution in [3.8, 4) is 11.6 Å². The van der Waals surface area contributed by atoms with Crippen LogP contribution in [0.3, 0.4) is 0 Å². The van der Waals surface area contributed by atoms with E-state index in [0.717, 1.165) is 11.3 Å². The average Bonchev–Trinajstić information content (AvgIpc) is 2.59. The predicted octanol–water partition coefficient (Wildman–Crippen LogP) is 3.12. The number of rotatable bonds is 3. The van der Waals surface area contributed by atoms with Crippen LogP contribution in [-0.2, 0) is 7.05 Å². The summed E-state index contributed by atoms with van der Waals surface area (Å²) in [7, 11) is 1.78. The number of ether oxygens (including phenoxy) is 1. The van der Waals surface area contributed by atoms with E-state index in [9.17, 15) is 0 Å². The molecule has 100 valence electrons. The maximum atomic E-state index is 5.98. The predicted molar refractivity (Wildman–Crippen MR) is 80.1 cm³/mol. The lowest BCUT2D eigenvalue weighted by Crippen LogP contribution is -2.11. The number of aryl methyl sites for hydroxylation is 3. The maximum absolute atomic E-state index is 5.98. The zero-order valence-corrected chi connectivity index (χ0v) is 12.5. The van der Waals surface area contributed by atoms with Crippen LogP contribution in [-0.4, -0.2) is 14.8 Å². The Balaban J connectivity index is 2.49. The molecule has 1 aromatic heterocycles. The molecule has 0 spiro atoms. The van der Waals surface area contributed by atoms with Crippen LogP contribution in [0.1, 0.15) is 16.8 Å². The van der Waals surface area contributed by atoms with Crippen molar-refractivity contribution in [3.63, 3.8) is 0 Å². The summed E-state index contributed by atoms with van der Waals surface area (Å²) in [6.45, 7) is 3.78. The second-order valence-corrected chi connectivity index (χ2v) is 5.14. The zero-order valence-electron chi connectivity index (χ0n) is 10.9. The molecule has 0 aliphatic heterocycles. The molecular formula is C13H14ClN3OS. The molecule has 0 amide bonds. The van der Waals surface area contributed by atoms with Crippen LogP contribution in [0.2, 0.25) is 5.02 Å². The number of hydrogen-bond acceptors (Lipinski definition) is 3. The SMILES string of the molecule is Cc1ccc(Cl)cc1Oc1c(C(N)=S)c(C)nn1C. The molecule has 0 unspecified atom stereocenters. The van der Waals surface area contributed by atoms with Gasteiger partial charge >= 0.3 is 0 Å². The van der Waals surface area contributed by atoms with Crippen molar-refractivity contribution in [1.82, 2.24) is 9.78 Å². The summed E-state index contributed by atoms with van der Waals surface area (Å²) >= 11 is 11.0. The summed E-state index contributed by atoms with van der Waals surface area (Å²) in [4.78, 5) is 0.264. The van der Waals surface area contributed by atoms with Gasteiger partial charge in [0.05, 0.1) is 11.3 Å². The van der Waals surface area contributed by atoms with E-state index in [1.165, 1.54) is 0 Å². The van der Waals surface area contributed by atoms with Crippen molar-refractivity contribution in [1.29, 1.82) is 0 Å². The van der Waals surface area contributed by atoms with Crippen LogP contribution < -0.4 is 10.5 Å². The minimum absolute atomic E-state index is 0.264. The Morgan fingerprint density at radius 3 is 2.74 bits per heavy atom. The Hall–Kier alpha value is -1.59. The van der Waals surface area contributed by atoms with Crippen molar-refractivity contribution in [2.24, 2.45) is 12.8 Å². The van der Waals surface area contributed by atoms with Gasteiger partial charge < -0.3 is 10.5 Å². The lowest BCUT2D eigenvalue weighted by molar-refractivity contribution is 0.427. The minimum Gasteiger partial charge on any atom is -0.438 e. The van der Waals surface area contributed by atoms with E-state index < -0.39 is 0 Å². The summed E-state index contributed by atoms with van der Waals surface area (Å²) in [5.41, 5.74) is 8.08. The lowest BCUT2D eigenvalue weighted by Gasteiger charge is -2.10. The van der Waals surface area contributed by atoms with Gasteiger partial charge in [-0.2, -0.15) is 5.10 Å². The molecule has 4 nitrogen and oxygen atoms in total. The smallest absolute Gasteiger partial charge is 0.228 e. The number of benzene rings is 1. The molecule has 1 heterocycles. The van der Waals surface area contributed by atoms with Crippen molar-refractivity contribution < 1.29 is 4.74 Å². The van der Waals surface area contributed by atoms with Gasteiger partial charge in [0.25, 0.3) is 0 Å². The lowest BCUT2D eigenvalue weighted by atomic mass is 10.2. The summed E-state index contributed by atoms with van der Waals surface area (Å²) < 4.78 is 7.50. The van der Waals surface area contributed by atoms with E-state index in [-0.39, 0.29) is 4.99 Å². The van der Waals surface area contributed by atoms with E-state index in [0.29, 0.717) is 22.2 Å². The quantitative estimate of drug-likeness (QED) is 0.884. The second kappa shape index (κ2) is 5.19. The Bertz CT molecular complexity index is 652. The molecule has 0 bridgehead atoms. The third-order valence-electron chi connectivity index (χ3n) is 2.77. The Kier molecular flexibility index (Phi) is 3.78. The van der Waals surface area contributed by atoms with Gasteiger partial charge in [0.15, 0.2) is 0 Å². The van der Waals surface area contributed by atoms with Gasteiger partial charge in [0, 0.05) is 12.1 Å². The monoisotopic (exact) mass is 295 g/mol. The number of hydrogen-bond donors (Lipinski definition) is 1. The fourth-order valence-corrected chi connectivity index (χ4v) is 2.22. The van der Waals surface area contributed by atoms with Gasteiger partial charge in [0.1, 0.15) is 10.7 Å². The van der Waals surface area contributed by atoms with Gasteiger partial charge in [-0.05, 0) is 31.5 Å². The van der Waals surface area contributed by atoms with E-state index in [4.69, 9.17) is 34.3 Å². The molecule has 0 saturated heterocycles. The van der Waals surface area contributed by atoms with Gasteiger partial charge in [-0.1, -0.05) is 29.9 Å². The number of nitrogens with zero attached hydrogens (tertiary/aromatic N) is 2. The molecule has 19 heavy (non-hydrogen) atoms. The van der Waals surface area contributed by atoms with Crippen LogP contribution in [0.4, 0.5) is 0 Å². The minimum atomic E-state index is 0.264. The van der Waals surface area contributed by atoms with Gasteiger partial charge in [-0.3, -0.25) is 0 Å². The average molecular weight is 296 g/mol. The first-order valence-corrected chi connectivity index (χ1v) is 6.46. The summed E-state index contributed by atoms with van der Waals surface area (Å²) in [5.74, 6) is 1.18. The molecular weight excluding hydrogens is 282 g/mol. The standard InChI is InChI=1S/C13H14ClN3OS/c1-7-4-5-9(14)6-10(7)18-13-11(12(15)19)8(2)16-17(13)3/h4-6H,1-3H3,(H2,15,19). The first-order valence-electron chi connectivity index (χ1n) is 5.67. The largest absolute Gasteiger partial charge is 0.438 e. The van der Waals surface area contributed by atoms with Gasteiger partial charge in [-0.25, -0.2) is 4.68 Å². The van der Waals surface area contributed by atoms with E-state index in [1.54, 1.807) is 17.8 Å². The molecule has 0 aliphatic carbocycles. The number of thiocarbonyl (C=S) groups is 1. The highest BCUT2D eigenvalue weighted by atomic mass is 35.5. The van der Waals surface area contributed by atoms with Crippen LogP contribution in [0, 0.1) is 13.8 Å². The van der Waals surface area contributed by atoms with Crippen LogP contribution in [0.5, 0.6) is 11.6 Å². The molecule has 2 rings (SSSR count). The van der Waals surface area contributed by atoms with Crippen molar-refractivity contribution in [2.45, 2.75) is 13.8 Å². The van der Waals surface area contributed by atoms with Gasteiger partial charge in [-0.15, -0.1) is 0 Å². The van der Waals surface area contributed by atoms with E-state index >= 15 is 0 Å². The first kappa shape index (κ1) is 13.8. The summed E-state index contributed by atoms with van der Waals surface area (Å²) in [6.07, 6.45) is 0. The fourth-order valence-electron chi connectivity index (χ4n) is 1.83. The molecule has 1 aromatic carbocycles. The van der Waals surface area contributed by atoms with Crippen LogP contribution in [0.15, 0.2) is 18.2 Å². The van der Waals surface area contributed by atoms with Crippen molar-refractivity contribution >= 4 is 28.8 Å². The normalized spacial score (nSPS) is 10.5. The molecule has 0 aliphatic rings. The molecule has 0 fully saturated rings. The molecule has 0 atom stereocenters. The molecule has 2 N–H and O–H groups in total. The Morgan fingerprint density at radius 1 is 1.42 bits per heavy atom.